The van der Waals surface area contributed by atoms with E-state index >= 15 is 0 Å². The van der Waals surface area contributed by atoms with Crippen LogP contribution >= 0.6 is 11.6 Å². The Bertz CT molecular complexity index is 957. The summed E-state index contributed by atoms with van der Waals surface area (Å²) in [5.74, 6) is 0.321. The molecule has 25 heavy (non-hydrogen) atoms. The number of nitrogens with zero attached hydrogens (tertiary/aromatic N) is 4. The van der Waals surface area contributed by atoms with Gasteiger partial charge in [-0.25, -0.2) is 9.97 Å². The maximum Gasteiger partial charge on any atom is 0.274 e. The molecule has 0 saturated carbocycles. The third-order valence-corrected chi connectivity index (χ3v) is 3.26. The molecule has 0 saturated heterocycles. The molecule has 0 aliphatic rings. The Hall–Kier alpha value is -3.50. The lowest BCUT2D eigenvalue weighted by atomic mass is 10.2. The van der Waals surface area contributed by atoms with Gasteiger partial charge in [-0.3, -0.25) is 9.78 Å². The zero-order valence-corrected chi connectivity index (χ0v) is 13.4. The van der Waals surface area contributed by atoms with Gasteiger partial charge < -0.3 is 10.1 Å². The number of benzene rings is 1. The maximum absolute atomic E-state index is 12.3. The quantitative estimate of drug-likeness (QED) is 0.772. The molecule has 0 atom stereocenters. The summed E-state index contributed by atoms with van der Waals surface area (Å²) >= 11 is 5.86. The molecule has 7 nitrogen and oxygen atoms in total. The molecule has 0 fully saturated rings. The second kappa shape index (κ2) is 7.38. The first kappa shape index (κ1) is 16.4. The summed E-state index contributed by atoms with van der Waals surface area (Å²) in [4.78, 5) is 23.9. The summed E-state index contributed by atoms with van der Waals surface area (Å²) < 4.78 is 5.60. The molecule has 2 heterocycles. The standard InChI is InChI=1S/C17H10ClN5O2/c18-12-1-2-22-16(5-12)17(24)23-13-3-11(7-19)4-14(6-13)25-15-8-20-10-21-9-15/h1-6,8-10H,(H,23,24). The SMILES string of the molecule is N#Cc1cc(NC(=O)c2cc(Cl)ccn2)cc(Oc2cncnc2)c1. The number of halogens is 1. The van der Waals surface area contributed by atoms with Crippen molar-refractivity contribution in [3.05, 3.63) is 71.5 Å². The van der Waals surface area contributed by atoms with Crippen LogP contribution in [0.15, 0.2) is 55.2 Å². The van der Waals surface area contributed by atoms with Crippen LogP contribution in [0.5, 0.6) is 11.5 Å². The van der Waals surface area contributed by atoms with E-state index in [1.54, 1.807) is 18.2 Å². The van der Waals surface area contributed by atoms with Crippen molar-refractivity contribution >= 4 is 23.2 Å². The molecule has 0 aliphatic heterocycles. The smallest absolute Gasteiger partial charge is 0.274 e. The van der Waals surface area contributed by atoms with E-state index in [9.17, 15) is 4.79 Å². The van der Waals surface area contributed by atoms with Gasteiger partial charge in [0.15, 0.2) is 5.75 Å². The Kier molecular flexibility index (Phi) is 4.83. The number of hydrogen-bond acceptors (Lipinski definition) is 6. The first-order valence-electron chi connectivity index (χ1n) is 7.05. The Morgan fingerprint density at radius 3 is 2.68 bits per heavy atom. The van der Waals surface area contributed by atoms with Crippen LogP contribution in [0.2, 0.25) is 5.02 Å². The Labute approximate surface area is 147 Å². The predicted octanol–water partition coefficient (Wildman–Crippen LogP) is 3.44. The topological polar surface area (TPSA) is 101 Å². The second-order valence-electron chi connectivity index (χ2n) is 4.85. The molecule has 8 heteroatoms. The number of pyridine rings is 1. The molecule has 0 bridgehead atoms. The molecule has 0 radical (unpaired) electrons. The van der Waals surface area contributed by atoms with Gasteiger partial charge in [-0.1, -0.05) is 11.6 Å². The van der Waals surface area contributed by atoms with Crippen LogP contribution in [0, 0.1) is 11.3 Å². The summed E-state index contributed by atoms with van der Waals surface area (Å²) in [6.07, 6.45) is 5.79. The highest BCUT2D eigenvalue weighted by atomic mass is 35.5. The van der Waals surface area contributed by atoms with Crippen molar-refractivity contribution in [1.82, 2.24) is 15.0 Å². The fourth-order valence-electron chi connectivity index (χ4n) is 1.99. The molecule has 0 unspecified atom stereocenters. The van der Waals surface area contributed by atoms with Crippen LogP contribution in [-0.2, 0) is 0 Å². The molecular weight excluding hydrogens is 342 g/mol. The number of ether oxygens (including phenoxy) is 1. The monoisotopic (exact) mass is 351 g/mol. The number of aromatic nitrogens is 3. The Morgan fingerprint density at radius 2 is 1.96 bits per heavy atom. The molecule has 1 aromatic carbocycles. The number of hydrogen-bond donors (Lipinski definition) is 1. The Morgan fingerprint density at radius 1 is 1.16 bits per heavy atom. The van der Waals surface area contributed by atoms with E-state index in [1.165, 1.54) is 37.1 Å². The van der Waals surface area contributed by atoms with Gasteiger partial charge in [0.05, 0.1) is 24.0 Å². The van der Waals surface area contributed by atoms with Crippen molar-refractivity contribution in [3.63, 3.8) is 0 Å². The van der Waals surface area contributed by atoms with Crippen LogP contribution in [0.4, 0.5) is 5.69 Å². The van der Waals surface area contributed by atoms with E-state index in [2.05, 4.69) is 20.3 Å². The van der Waals surface area contributed by atoms with Gasteiger partial charge in [0.1, 0.15) is 17.8 Å². The first-order chi connectivity index (χ1) is 12.1. The fraction of sp³-hybridized carbons (Fsp3) is 0. The molecule has 122 valence electrons. The Balaban J connectivity index is 1.85. The lowest BCUT2D eigenvalue weighted by Crippen LogP contribution is -2.13. The van der Waals surface area contributed by atoms with Crippen LogP contribution in [-0.4, -0.2) is 20.9 Å². The number of rotatable bonds is 4. The molecule has 3 aromatic rings. The largest absolute Gasteiger partial charge is 0.454 e. The maximum atomic E-state index is 12.3. The average Bonchev–Trinajstić information content (AvgIpc) is 2.62. The van der Waals surface area contributed by atoms with Crippen molar-refractivity contribution in [2.24, 2.45) is 0 Å². The summed E-state index contributed by atoms with van der Waals surface area (Å²) in [5.41, 5.74) is 0.871. The minimum atomic E-state index is -0.452. The molecule has 1 N–H and O–H groups in total. The van der Waals surface area contributed by atoms with E-state index in [0.29, 0.717) is 27.8 Å². The number of nitriles is 1. The highest BCUT2D eigenvalue weighted by Gasteiger charge is 2.10. The number of carbonyl (C=O) groups is 1. The summed E-state index contributed by atoms with van der Waals surface area (Å²) in [6, 6.07) is 9.68. The third kappa shape index (κ3) is 4.28. The molecule has 0 spiro atoms. The number of nitrogens with one attached hydrogen (secondary N) is 1. The average molecular weight is 352 g/mol. The molecular formula is C17H10ClN5O2. The van der Waals surface area contributed by atoms with Gasteiger partial charge in [0.25, 0.3) is 5.91 Å². The van der Waals surface area contributed by atoms with Gasteiger partial charge in [-0.05, 0) is 24.3 Å². The van der Waals surface area contributed by atoms with Gasteiger partial charge >= 0.3 is 0 Å². The van der Waals surface area contributed by atoms with Crippen molar-refractivity contribution in [2.45, 2.75) is 0 Å². The van der Waals surface area contributed by atoms with Crippen molar-refractivity contribution in [3.8, 4) is 17.6 Å². The second-order valence-corrected chi connectivity index (χ2v) is 5.28. The summed E-state index contributed by atoms with van der Waals surface area (Å²) in [7, 11) is 0. The highest BCUT2D eigenvalue weighted by Crippen LogP contribution is 2.25. The zero-order valence-electron chi connectivity index (χ0n) is 12.7. The molecule has 3 rings (SSSR count). The van der Waals surface area contributed by atoms with Crippen molar-refractivity contribution in [2.75, 3.05) is 5.32 Å². The van der Waals surface area contributed by atoms with Gasteiger partial charge in [0, 0.05) is 23.0 Å². The molecule has 2 aromatic heterocycles. The predicted molar refractivity (Wildman–Crippen MR) is 90.5 cm³/mol. The van der Waals surface area contributed by atoms with E-state index in [1.807, 2.05) is 6.07 Å². The number of amides is 1. The number of carbonyl (C=O) groups excluding carboxylic acids is 1. The fourth-order valence-corrected chi connectivity index (χ4v) is 2.15. The number of anilines is 1. The molecule has 0 aliphatic carbocycles. The van der Waals surface area contributed by atoms with Gasteiger partial charge in [-0.2, -0.15) is 5.26 Å². The minimum Gasteiger partial charge on any atom is -0.454 e. The van der Waals surface area contributed by atoms with Gasteiger partial charge in [0.2, 0.25) is 0 Å². The first-order valence-corrected chi connectivity index (χ1v) is 7.43. The van der Waals surface area contributed by atoms with E-state index < -0.39 is 5.91 Å². The van der Waals surface area contributed by atoms with Crippen LogP contribution in [0.25, 0.3) is 0 Å². The van der Waals surface area contributed by atoms with E-state index in [-0.39, 0.29) is 5.69 Å². The van der Waals surface area contributed by atoms with Gasteiger partial charge in [-0.15, -0.1) is 0 Å². The van der Waals surface area contributed by atoms with Crippen molar-refractivity contribution < 1.29 is 9.53 Å². The lowest BCUT2D eigenvalue weighted by Gasteiger charge is -2.09. The van der Waals surface area contributed by atoms with E-state index in [4.69, 9.17) is 21.6 Å². The van der Waals surface area contributed by atoms with E-state index in [0.717, 1.165) is 0 Å². The molecule has 1 amide bonds. The minimum absolute atomic E-state index is 0.161. The van der Waals surface area contributed by atoms with Crippen LogP contribution < -0.4 is 10.1 Å². The zero-order chi connectivity index (χ0) is 17.6. The van der Waals surface area contributed by atoms with Crippen LogP contribution in [0.1, 0.15) is 16.1 Å². The normalized spacial score (nSPS) is 9.92. The third-order valence-electron chi connectivity index (χ3n) is 3.02. The summed E-state index contributed by atoms with van der Waals surface area (Å²) in [5, 5.41) is 12.2. The van der Waals surface area contributed by atoms with Crippen LogP contribution in [0.3, 0.4) is 0 Å². The summed E-state index contributed by atoms with van der Waals surface area (Å²) in [6.45, 7) is 0. The van der Waals surface area contributed by atoms with Crippen molar-refractivity contribution in [1.29, 1.82) is 5.26 Å². The highest BCUT2D eigenvalue weighted by molar-refractivity contribution is 6.30. The lowest BCUT2D eigenvalue weighted by molar-refractivity contribution is 0.102.